The molecule has 1 aromatic rings. The van der Waals surface area contributed by atoms with Gasteiger partial charge in [-0.2, -0.15) is 0 Å². The Balaban J connectivity index is 0.00000338. The molecule has 0 radical (unpaired) electrons. The number of methoxy groups -OCH3 is 1. The summed E-state index contributed by atoms with van der Waals surface area (Å²) in [6, 6.07) is 10.7. The number of nitrogens with one attached hydrogen (secondary N) is 2. The number of halogens is 1. The molecular weight excluding hydrogens is 443 g/mol. The Morgan fingerprint density at radius 3 is 2.58 bits per heavy atom. The second-order valence-electron chi connectivity index (χ2n) is 6.29. The highest BCUT2D eigenvalue weighted by atomic mass is 127. The summed E-state index contributed by atoms with van der Waals surface area (Å²) in [4.78, 5) is 6.77. The van der Waals surface area contributed by atoms with E-state index in [1.54, 1.807) is 7.11 Å². The Morgan fingerprint density at radius 1 is 1.19 bits per heavy atom. The van der Waals surface area contributed by atoms with Gasteiger partial charge in [0.2, 0.25) is 0 Å². The fraction of sp³-hybridized carbons (Fsp3) is 0.632. The van der Waals surface area contributed by atoms with Crippen LogP contribution in [0.5, 0.6) is 0 Å². The molecule has 0 atom stereocenters. The lowest BCUT2D eigenvalue weighted by molar-refractivity contribution is 0.124. The second kappa shape index (κ2) is 14.2. The number of ether oxygens (including phenoxy) is 2. The molecule has 7 heteroatoms. The minimum Gasteiger partial charge on any atom is -0.383 e. The smallest absolute Gasteiger partial charge is 0.191 e. The molecule has 0 spiro atoms. The Bertz CT molecular complexity index is 494. The summed E-state index contributed by atoms with van der Waals surface area (Å²) in [6.07, 6.45) is 2.27. The van der Waals surface area contributed by atoms with Crippen molar-refractivity contribution < 1.29 is 9.47 Å². The van der Waals surface area contributed by atoms with Gasteiger partial charge in [0.25, 0.3) is 0 Å². The summed E-state index contributed by atoms with van der Waals surface area (Å²) in [6.45, 7) is 6.11. The molecule has 1 aliphatic heterocycles. The summed E-state index contributed by atoms with van der Waals surface area (Å²) in [7, 11) is 3.57. The van der Waals surface area contributed by atoms with Crippen LogP contribution in [-0.2, 0) is 16.1 Å². The first kappa shape index (κ1) is 23.1. The van der Waals surface area contributed by atoms with Crippen molar-refractivity contribution >= 4 is 29.9 Å². The summed E-state index contributed by atoms with van der Waals surface area (Å²) >= 11 is 0. The normalized spacial score (nSPS) is 16.2. The summed E-state index contributed by atoms with van der Waals surface area (Å²) < 4.78 is 10.8. The molecule has 0 aromatic heterocycles. The van der Waals surface area contributed by atoms with E-state index in [1.165, 1.54) is 5.56 Å². The van der Waals surface area contributed by atoms with Gasteiger partial charge in [-0.25, -0.2) is 0 Å². The zero-order valence-corrected chi connectivity index (χ0v) is 18.3. The van der Waals surface area contributed by atoms with Crippen LogP contribution in [0.1, 0.15) is 18.4 Å². The van der Waals surface area contributed by atoms with Crippen molar-refractivity contribution in [3.8, 4) is 0 Å². The van der Waals surface area contributed by atoms with Crippen molar-refractivity contribution in [2.75, 3.05) is 53.6 Å². The van der Waals surface area contributed by atoms with Crippen molar-refractivity contribution in [2.45, 2.75) is 25.5 Å². The average molecular weight is 476 g/mol. The van der Waals surface area contributed by atoms with E-state index in [0.717, 1.165) is 51.6 Å². The first-order chi connectivity index (χ1) is 12.3. The number of piperidine rings is 1. The monoisotopic (exact) mass is 476 g/mol. The van der Waals surface area contributed by atoms with Gasteiger partial charge in [-0.3, -0.25) is 4.99 Å². The van der Waals surface area contributed by atoms with Gasteiger partial charge in [0.1, 0.15) is 0 Å². The molecule has 0 saturated carbocycles. The minimum absolute atomic E-state index is 0. The van der Waals surface area contributed by atoms with E-state index in [4.69, 9.17) is 9.47 Å². The summed E-state index contributed by atoms with van der Waals surface area (Å²) in [5.74, 6) is 0.860. The van der Waals surface area contributed by atoms with E-state index >= 15 is 0 Å². The van der Waals surface area contributed by atoms with Crippen LogP contribution in [0.15, 0.2) is 35.3 Å². The number of likely N-dealkylation sites (tertiary alicyclic amines) is 1. The van der Waals surface area contributed by atoms with E-state index in [2.05, 4.69) is 32.7 Å². The largest absolute Gasteiger partial charge is 0.383 e. The standard InChI is InChI=1S/C19H32N4O2.HI/c1-20-19(21-10-14-25-16-17-6-4-3-5-7-17)22-18-8-11-23(12-9-18)13-15-24-2;/h3-7,18H,8-16H2,1-2H3,(H2,20,21,22);1H. The van der Waals surface area contributed by atoms with Crippen LogP contribution in [0.2, 0.25) is 0 Å². The van der Waals surface area contributed by atoms with E-state index in [9.17, 15) is 0 Å². The van der Waals surface area contributed by atoms with Crippen LogP contribution in [0.4, 0.5) is 0 Å². The molecular formula is C19H33IN4O2. The van der Waals surface area contributed by atoms with E-state index < -0.39 is 0 Å². The third kappa shape index (κ3) is 9.16. The maximum atomic E-state index is 5.69. The first-order valence-corrected chi connectivity index (χ1v) is 9.12. The van der Waals surface area contributed by atoms with Crippen LogP contribution < -0.4 is 10.6 Å². The van der Waals surface area contributed by atoms with Gasteiger partial charge < -0.3 is 25.0 Å². The zero-order valence-electron chi connectivity index (χ0n) is 15.9. The molecule has 1 fully saturated rings. The fourth-order valence-corrected chi connectivity index (χ4v) is 2.92. The maximum Gasteiger partial charge on any atom is 0.191 e. The molecule has 1 aromatic carbocycles. The Labute approximate surface area is 174 Å². The van der Waals surface area contributed by atoms with Crippen LogP contribution in [-0.4, -0.2) is 70.5 Å². The zero-order chi connectivity index (χ0) is 17.7. The Hall–Kier alpha value is -0.900. The molecule has 26 heavy (non-hydrogen) atoms. The van der Waals surface area contributed by atoms with Gasteiger partial charge >= 0.3 is 0 Å². The molecule has 148 valence electrons. The van der Waals surface area contributed by atoms with Crippen molar-refractivity contribution in [1.29, 1.82) is 0 Å². The molecule has 0 aliphatic carbocycles. The SMILES string of the molecule is CN=C(NCCOCc1ccccc1)NC1CCN(CCOC)CC1.I. The van der Waals surface area contributed by atoms with Gasteiger partial charge in [-0.15, -0.1) is 24.0 Å². The number of benzene rings is 1. The number of aliphatic imine (C=N–C) groups is 1. The Kier molecular flexibility index (Phi) is 12.6. The topological polar surface area (TPSA) is 58.1 Å². The molecule has 1 aliphatic rings. The van der Waals surface area contributed by atoms with Gasteiger partial charge in [0.15, 0.2) is 5.96 Å². The van der Waals surface area contributed by atoms with Gasteiger partial charge in [0, 0.05) is 46.4 Å². The van der Waals surface area contributed by atoms with Gasteiger partial charge in [0.05, 0.1) is 19.8 Å². The van der Waals surface area contributed by atoms with Crippen molar-refractivity contribution in [1.82, 2.24) is 15.5 Å². The maximum absolute atomic E-state index is 5.69. The average Bonchev–Trinajstić information content (AvgIpc) is 2.67. The molecule has 2 N–H and O–H groups in total. The van der Waals surface area contributed by atoms with Crippen molar-refractivity contribution in [3.05, 3.63) is 35.9 Å². The van der Waals surface area contributed by atoms with Crippen LogP contribution in [0.3, 0.4) is 0 Å². The molecule has 6 nitrogen and oxygen atoms in total. The molecule has 1 saturated heterocycles. The predicted octanol–water partition coefficient (Wildman–Crippen LogP) is 2.10. The van der Waals surface area contributed by atoms with E-state index in [-0.39, 0.29) is 24.0 Å². The number of nitrogens with zero attached hydrogens (tertiary/aromatic N) is 2. The van der Waals surface area contributed by atoms with Gasteiger partial charge in [-0.1, -0.05) is 30.3 Å². The van der Waals surface area contributed by atoms with Crippen LogP contribution >= 0.6 is 24.0 Å². The summed E-state index contributed by atoms with van der Waals surface area (Å²) in [5.41, 5.74) is 1.20. The number of hydrogen-bond donors (Lipinski definition) is 2. The number of rotatable bonds is 9. The van der Waals surface area contributed by atoms with Crippen molar-refractivity contribution in [2.24, 2.45) is 4.99 Å². The van der Waals surface area contributed by atoms with Crippen molar-refractivity contribution in [3.63, 3.8) is 0 Å². The fourth-order valence-electron chi connectivity index (χ4n) is 2.92. The highest BCUT2D eigenvalue weighted by molar-refractivity contribution is 14.0. The van der Waals surface area contributed by atoms with Crippen LogP contribution in [0.25, 0.3) is 0 Å². The highest BCUT2D eigenvalue weighted by Crippen LogP contribution is 2.09. The van der Waals surface area contributed by atoms with Crippen LogP contribution in [0, 0.1) is 0 Å². The summed E-state index contributed by atoms with van der Waals surface area (Å²) in [5, 5.41) is 6.85. The van der Waals surface area contributed by atoms with E-state index in [1.807, 2.05) is 25.2 Å². The third-order valence-electron chi connectivity index (χ3n) is 4.41. The highest BCUT2D eigenvalue weighted by Gasteiger charge is 2.19. The van der Waals surface area contributed by atoms with Gasteiger partial charge in [-0.05, 0) is 18.4 Å². The number of guanidine groups is 1. The molecule has 1 heterocycles. The van der Waals surface area contributed by atoms with E-state index in [0.29, 0.717) is 19.3 Å². The molecule has 0 bridgehead atoms. The first-order valence-electron chi connectivity index (χ1n) is 9.12. The Morgan fingerprint density at radius 2 is 1.92 bits per heavy atom. The lowest BCUT2D eigenvalue weighted by Crippen LogP contribution is -2.49. The quantitative estimate of drug-likeness (QED) is 0.248. The molecule has 2 rings (SSSR count). The number of hydrogen-bond acceptors (Lipinski definition) is 4. The lowest BCUT2D eigenvalue weighted by atomic mass is 10.1. The molecule has 0 amide bonds. The molecule has 0 unspecified atom stereocenters. The third-order valence-corrected chi connectivity index (χ3v) is 4.41. The lowest BCUT2D eigenvalue weighted by Gasteiger charge is -2.32. The predicted molar refractivity (Wildman–Crippen MR) is 117 cm³/mol. The minimum atomic E-state index is 0. The second-order valence-corrected chi connectivity index (χ2v) is 6.29.